The van der Waals surface area contributed by atoms with Crippen LogP contribution in [-0.2, 0) is 11.2 Å². The van der Waals surface area contributed by atoms with E-state index in [0.717, 1.165) is 11.3 Å². The summed E-state index contributed by atoms with van der Waals surface area (Å²) in [6, 6.07) is 7.73. The molecule has 1 aliphatic heterocycles. The summed E-state index contributed by atoms with van der Waals surface area (Å²) < 4.78 is 5.62. The van der Waals surface area contributed by atoms with Crippen molar-refractivity contribution in [1.82, 2.24) is 5.32 Å². The highest BCUT2D eigenvalue weighted by Crippen LogP contribution is 2.28. The fourth-order valence-electron chi connectivity index (χ4n) is 2.38. The standard InChI is InChI=1S/C15H21NO3/c1-10(7-11(2)17)9-16-15(18)14-8-12-5-3-4-6-13(12)19-14/h3-6,10-11,14,17H,7-9H2,1-2H3,(H,16,18). The summed E-state index contributed by atoms with van der Waals surface area (Å²) in [6.07, 6.45) is 0.564. The number of hydrogen-bond donors (Lipinski definition) is 2. The van der Waals surface area contributed by atoms with Crippen LogP contribution in [0.15, 0.2) is 24.3 Å². The zero-order valence-electron chi connectivity index (χ0n) is 11.4. The maximum Gasteiger partial charge on any atom is 0.261 e. The third-order valence-electron chi connectivity index (χ3n) is 3.31. The zero-order valence-corrected chi connectivity index (χ0v) is 11.4. The van der Waals surface area contributed by atoms with E-state index < -0.39 is 6.10 Å². The number of carbonyl (C=O) groups is 1. The van der Waals surface area contributed by atoms with Gasteiger partial charge in [0.05, 0.1) is 6.10 Å². The molecule has 1 aromatic carbocycles. The molecule has 0 radical (unpaired) electrons. The summed E-state index contributed by atoms with van der Waals surface area (Å²) >= 11 is 0. The molecule has 3 unspecified atom stereocenters. The number of aliphatic hydroxyl groups excluding tert-OH is 1. The van der Waals surface area contributed by atoms with Gasteiger partial charge in [0.15, 0.2) is 6.10 Å². The molecule has 0 saturated heterocycles. The van der Waals surface area contributed by atoms with Crippen molar-refractivity contribution in [3.8, 4) is 5.75 Å². The molecule has 1 aliphatic rings. The lowest BCUT2D eigenvalue weighted by Gasteiger charge is -2.16. The monoisotopic (exact) mass is 263 g/mol. The third-order valence-corrected chi connectivity index (χ3v) is 3.31. The smallest absolute Gasteiger partial charge is 0.261 e. The summed E-state index contributed by atoms with van der Waals surface area (Å²) in [6.45, 7) is 4.34. The second-order valence-electron chi connectivity index (χ2n) is 5.35. The van der Waals surface area contributed by atoms with Gasteiger partial charge in [-0.1, -0.05) is 25.1 Å². The summed E-state index contributed by atoms with van der Waals surface area (Å²) in [5.41, 5.74) is 1.08. The van der Waals surface area contributed by atoms with Gasteiger partial charge in [-0.2, -0.15) is 0 Å². The van der Waals surface area contributed by atoms with Crippen LogP contribution in [0.2, 0.25) is 0 Å². The van der Waals surface area contributed by atoms with Crippen LogP contribution in [0, 0.1) is 5.92 Å². The van der Waals surface area contributed by atoms with Crippen LogP contribution in [0.1, 0.15) is 25.8 Å². The van der Waals surface area contributed by atoms with Crippen molar-refractivity contribution in [3.63, 3.8) is 0 Å². The van der Waals surface area contributed by atoms with E-state index in [0.29, 0.717) is 19.4 Å². The van der Waals surface area contributed by atoms with E-state index in [1.54, 1.807) is 6.92 Å². The van der Waals surface area contributed by atoms with Crippen molar-refractivity contribution in [2.75, 3.05) is 6.54 Å². The first-order valence-electron chi connectivity index (χ1n) is 6.76. The van der Waals surface area contributed by atoms with E-state index >= 15 is 0 Å². The molecule has 0 saturated carbocycles. The number of carbonyl (C=O) groups excluding carboxylic acids is 1. The van der Waals surface area contributed by atoms with Crippen LogP contribution in [0.4, 0.5) is 0 Å². The molecule has 3 atom stereocenters. The summed E-state index contributed by atoms with van der Waals surface area (Å²) in [5.74, 6) is 0.987. The van der Waals surface area contributed by atoms with Crippen molar-refractivity contribution in [2.45, 2.75) is 38.9 Å². The van der Waals surface area contributed by atoms with Gasteiger partial charge in [-0.15, -0.1) is 0 Å². The van der Waals surface area contributed by atoms with Crippen LogP contribution in [-0.4, -0.2) is 29.8 Å². The molecule has 1 amide bonds. The molecular formula is C15H21NO3. The normalized spacial score (nSPS) is 20.3. The molecule has 0 fully saturated rings. The van der Waals surface area contributed by atoms with E-state index in [1.165, 1.54) is 0 Å². The molecule has 0 aromatic heterocycles. The summed E-state index contributed by atoms with van der Waals surface area (Å²) in [7, 11) is 0. The van der Waals surface area contributed by atoms with Crippen LogP contribution in [0.3, 0.4) is 0 Å². The zero-order chi connectivity index (χ0) is 13.8. The Kier molecular flexibility index (Phi) is 4.43. The Morgan fingerprint density at radius 3 is 2.89 bits per heavy atom. The molecule has 1 heterocycles. The molecule has 19 heavy (non-hydrogen) atoms. The number of hydrogen-bond acceptors (Lipinski definition) is 3. The van der Waals surface area contributed by atoms with Crippen molar-refractivity contribution in [3.05, 3.63) is 29.8 Å². The second-order valence-corrected chi connectivity index (χ2v) is 5.35. The first-order chi connectivity index (χ1) is 9.06. The Bertz CT molecular complexity index is 420. The van der Waals surface area contributed by atoms with E-state index in [1.807, 2.05) is 31.2 Å². The molecule has 0 bridgehead atoms. The number of para-hydroxylation sites is 1. The lowest BCUT2D eigenvalue weighted by Crippen LogP contribution is -2.39. The Hall–Kier alpha value is -1.55. The van der Waals surface area contributed by atoms with Gasteiger partial charge in [0.1, 0.15) is 5.75 Å². The number of amides is 1. The van der Waals surface area contributed by atoms with E-state index in [9.17, 15) is 9.90 Å². The molecular weight excluding hydrogens is 242 g/mol. The number of ether oxygens (including phenoxy) is 1. The van der Waals surface area contributed by atoms with Crippen LogP contribution < -0.4 is 10.1 Å². The van der Waals surface area contributed by atoms with Gasteiger partial charge < -0.3 is 15.2 Å². The maximum absolute atomic E-state index is 12.0. The van der Waals surface area contributed by atoms with Crippen molar-refractivity contribution < 1.29 is 14.6 Å². The molecule has 4 nitrogen and oxygen atoms in total. The number of rotatable bonds is 5. The van der Waals surface area contributed by atoms with E-state index in [4.69, 9.17) is 4.74 Å². The minimum Gasteiger partial charge on any atom is -0.480 e. The molecule has 2 rings (SSSR count). The summed E-state index contributed by atoms with van der Waals surface area (Å²) in [4.78, 5) is 12.0. The fraction of sp³-hybridized carbons (Fsp3) is 0.533. The van der Waals surface area contributed by atoms with Gasteiger partial charge in [-0.05, 0) is 30.9 Å². The lowest BCUT2D eigenvalue weighted by atomic mass is 10.0. The first-order valence-corrected chi connectivity index (χ1v) is 6.76. The Balaban J connectivity index is 1.80. The quantitative estimate of drug-likeness (QED) is 0.846. The average Bonchev–Trinajstić information content (AvgIpc) is 2.78. The van der Waals surface area contributed by atoms with Crippen molar-refractivity contribution in [2.24, 2.45) is 5.92 Å². The minimum absolute atomic E-state index is 0.0753. The van der Waals surface area contributed by atoms with Gasteiger partial charge >= 0.3 is 0 Å². The van der Waals surface area contributed by atoms with Crippen molar-refractivity contribution >= 4 is 5.91 Å². The highest BCUT2D eigenvalue weighted by atomic mass is 16.5. The molecule has 2 N–H and O–H groups in total. The van der Waals surface area contributed by atoms with Gasteiger partial charge in [0.2, 0.25) is 0 Å². The summed E-state index contributed by atoms with van der Waals surface area (Å²) in [5, 5.41) is 12.2. The highest BCUT2D eigenvalue weighted by Gasteiger charge is 2.28. The van der Waals surface area contributed by atoms with Crippen LogP contribution >= 0.6 is 0 Å². The van der Waals surface area contributed by atoms with Crippen molar-refractivity contribution in [1.29, 1.82) is 0 Å². The third kappa shape index (κ3) is 3.70. The predicted octanol–water partition coefficient (Wildman–Crippen LogP) is 1.51. The number of benzene rings is 1. The minimum atomic E-state index is -0.420. The van der Waals surface area contributed by atoms with Gasteiger partial charge in [0.25, 0.3) is 5.91 Å². The van der Waals surface area contributed by atoms with E-state index in [-0.39, 0.29) is 17.9 Å². The Labute approximate surface area is 113 Å². The van der Waals surface area contributed by atoms with E-state index in [2.05, 4.69) is 5.32 Å². The molecule has 1 aromatic rings. The highest BCUT2D eigenvalue weighted by molar-refractivity contribution is 5.82. The number of fused-ring (bicyclic) bond motifs is 1. The second kappa shape index (κ2) is 6.06. The topological polar surface area (TPSA) is 58.6 Å². The van der Waals surface area contributed by atoms with Crippen LogP contribution in [0.25, 0.3) is 0 Å². The molecule has 0 aliphatic carbocycles. The predicted molar refractivity (Wildman–Crippen MR) is 73.0 cm³/mol. The Morgan fingerprint density at radius 2 is 2.21 bits per heavy atom. The average molecular weight is 263 g/mol. The lowest BCUT2D eigenvalue weighted by molar-refractivity contribution is -0.127. The Morgan fingerprint density at radius 1 is 1.47 bits per heavy atom. The molecule has 0 spiro atoms. The maximum atomic E-state index is 12.0. The number of aliphatic hydroxyl groups is 1. The van der Waals surface area contributed by atoms with Crippen LogP contribution in [0.5, 0.6) is 5.75 Å². The van der Waals surface area contributed by atoms with Gasteiger partial charge in [-0.3, -0.25) is 4.79 Å². The largest absolute Gasteiger partial charge is 0.480 e. The van der Waals surface area contributed by atoms with Gasteiger partial charge in [-0.25, -0.2) is 0 Å². The fourth-order valence-corrected chi connectivity index (χ4v) is 2.38. The first kappa shape index (κ1) is 13.9. The SMILES string of the molecule is CC(O)CC(C)CNC(=O)C1Cc2ccccc2O1. The number of nitrogens with one attached hydrogen (secondary N) is 1. The molecule has 104 valence electrons. The molecule has 4 heteroatoms. The van der Waals surface area contributed by atoms with Gasteiger partial charge in [0, 0.05) is 13.0 Å².